The van der Waals surface area contributed by atoms with Crippen LogP contribution >= 0.6 is 0 Å². The standard InChI is InChI=1S/C10H18N2O4/c1-7(6-9(13)14)12-5-3-2-4-8(11)10(15)16/h8H,2-6,11H2,1H3,(H,13,14)(H,15,16)/t8-/m0/s1. The third kappa shape index (κ3) is 7.93. The van der Waals surface area contributed by atoms with Gasteiger partial charge in [0.1, 0.15) is 6.04 Å². The van der Waals surface area contributed by atoms with Crippen LogP contribution in [0.5, 0.6) is 0 Å². The van der Waals surface area contributed by atoms with E-state index < -0.39 is 18.0 Å². The first-order valence-electron chi connectivity index (χ1n) is 5.13. The van der Waals surface area contributed by atoms with Crippen LogP contribution in [0.3, 0.4) is 0 Å². The number of carboxylic acid groups (broad SMARTS) is 2. The number of aliphatic imine (C=N–C) groups is 1. The first-order valence-corrected chi connectivity index (χ1v) is 5.13. The molecule has 4 N–H and O–H groups in total. The van der Waals surface area contributed by atoms with Gasteiger partial charge in [-0.1, -0.05) is 0 Å². The molecule has 0 bridgehead atoms. The summed E-state index contributed by atoms with van der Waals surface area (Å²) in [4.78, 5) is 24.7. The Labute approximate surface area is 94.2 Å². The first-order chi connectivity index (χ1) is 7.43. The molecular weight excluding hydrogens is 212 g/mol. The molecule has 0 saturated heterocycles. The van der Waals surface area contributed by atoms with Crippen LogP contribution in [0.4, 0.5) is 0 Å². The third-order valence-electron chi connectivity index (χ3n) is 2.03. The van der Waals surface area contributed by atoms with Crippen molar-refractivity contribution in [2.45, 2.75) is 38.6 Å². The van der Waals surface area contributed by atoms with Gasteiger partial charge in [0.05, 0.1) is 6.42 Å². The Balaban J connectivity index is 3.60. The molecule has 6 heteroatoms. The van der Waals surface area contributed by atoms with Crippen LogP contribution in [0.25, 0.3) is 0 Å². The van der Waals surface area contributed by atoms with Crippen molar-refractivity contribution in [2.75, 3.05) is 6.54 Å². The Kier molecular flexibility index (Phi) is 7.11. The van der Waals surface area contributed by atoms with Crippen molar-refractivity contribution in [3.05, 3.63) is 0 Å². The van der Waals surface area contributed by atoms with Gasteiger partial charge in [0.2, 0.25) is 0 Å². The summed E-state index contributed by atoms with van der Waals surface area (Å²) in [5.41, 5.74) is 5.89. The maximum Gasteiger partial charge on any atom is 0.320 e. The van der Waals surface area contributed by atoms with E-state index in [4.69, 9.17) is 15.9 Å². The predicted molar refractivity (Wildman–Crippen MR) is 59.7 cm³/mol. The molecule has 0 aromatic carbocycles. The van der Waals surface area contributed by atoms with E-state index in [1.54, 1.807) is 6.92 Å². The van der Waals surface area contributed by atoms with E-state index in [2.05, 4.69) is 4.99 Å². The van der Waals surface area contributed by atoms with Crippen molar-refractivity contribution in [1.29, 1.82) is 0 Å². The summed E-state index contributed by atoms with van der Waals surface area (Å²) in [7, 11) is 0. The molecule has 6 nitrogen and oxygen atoms in total. The second kappa shape index (κ2) is 7.81. The van der Waals surface area contributed by atoms with Crippen molar-refractivity contribution in [3.63, 3.8) is 0 Å². The molecule has 92 valence electrons. The Morgan fingerprint density at radius 1 is 1.31 bits per heavy atom. The molecule has 0 rings (SSSR count). The molecule has 0 aliphatic rings. The van der Waals surface area contributed by atoms with Crippen LogP contribution in [0, 0.1) is 0 Å². The number of hydrogen-bond donors (Lipinski definition) is 3. The molecule has 0 amide bonds. The zero-order valence-electron chi connectivity index (χ0n) is 9.35. The fraction of sp³-hybridized carbons (Fsp3) is 0.700. The van der Waals surface area contributed by atoms with Crippen molar-refractivity contribution < 1.29 is 19.8 Å². The van der Waals surface area contributed by atoms with Gasteiger partial charge in [-0.15, -0.1) is 0 Å². The molecule has 0 unspecified atom stereocenters. The largest absolute Gasteiger partial charge is 0.481 e. The number of carboxylic acids is 2. The van der Waals surface area contributed by atoms with Gasteiger partial charge in [-0.05, 0) is 26.2 Å². The van der Waals surface area contributed by atoms with E-state index in [1.807, 2.05) is 0 Å². The van der Waals surface area contributed by atoms with Gasteiger partial charge < -0.3 is 15.9 Å². The van der Waals surface area contributed by atoms with E-state index in [0.717, 1.165) is 6.42 Å². The highest BCUT2D eigenvalue weighted by Gasteiger charge is 2.09. The van der Waals surface area contributed by atoms with Gasteiger partial charge in [-0.3, -0.25) is 14.6 Å². The summed E-state index contributed by atoms with van der Waals surface area (Å²) in [5.74, 6) is -1.89. The number of hydrogen-bond acceptors (Lipinski definition) is 4. The first kappa shape index (κ1) is 14.6. The number of nitrogens with two attached hydrogens (primary N) is 1. The summed E-state index contributed by atoms with van der Waals surface area (Å²) in [6.07, 6.45) is 1.77. The number of aliphatic carboxylic acids is 2. The van der Waals surface area contributed by atoms with Gasteiger partial charge in [-0.25, -0.2) is 0 Å². The molecule has 0 saturated carbocycles. The minimum atomic E-state index is -0.995. The van der Waals surface area contributed by atoms with Crippen LogP contribution < -0.4 is 5.73 Å². The quantitative estimate of drug-likeness (QED) is 0.415. The zero-order valence-corrected chi connectivity index (χ0v) is 9.35. The van der Waals surface area contributed by atoms with Crippen LogP contribution in [0.1, 0.15) is 32.6 Å². The number of carbonyl (C=O) groups is 2. The minimum Gasteiger partial charge on any atom is -0.481 e. The van der Waals surface area contributed by atoms with Crippen LogP contribution in [0.2, 0.25) is 0 Å². The number of nitrogens with zero attached hydrogens (tertiary/aromatic N) is 1. The highest BCUT2D eigenvalue weighted by atomic mass is 16.4. The summed E-state index contributed by atoms with van der Waals surface area (Å²) < 4.78 is 0. The Morgan fingerprint density at radius 2 is 1.94 bits per heavy atom. The highest BCUT2D eigenvalue weighted by molar-refractivity contribution is 5.96. The molecular formula is C10H18N2O4. The fourth-order valence-electron chi connectivity index (χ4n) is 1.14. The normalized spacial score (nSPS) is 13.5. The van der Waals surface area contributed by atoms with Crippen LogP contribution in [-0.4, -0.2) is 40.4 Å². The lowest BCUT2D eigenvalue weighted by atomic mass is 10.1. The number of unbranched alkanes of at least 4 members (excludes halogenated alkanes) is 1. The van der Waals surface area contributed by atoms with Crippen molar-refractivity contribution in [2.24, 2.45) is 10.7 Å². The van der Waals surface area contributed by atoms with E-state index in [-0.39, 0.29) is 6.42 Å². The summed E-state index contributed by atoms with van der Waals surface area (Å²) in [6.45, 7) is 2.18. The van der Waals surface area contributed by atoms with Crippen molar-refractivity contribution >= 4 is 17.7 Å². The topological polar surface area (TPSA) is 113 Å². The lowest BCUT2D eigenvalue weighted by molar-refractivity contribution is -0.139. The van der Waals surface area contributed by atoms with Gasteiger partial charge in [0.25, 0.3) is 0 Å². The van der Waals surface area contributed by atoms with Crippen molar-refractivity contribution in [1.82, 2.24) is 0 Å². The molecule has 0 aromatic heterocycles. The number of rotatable bonds is 8. The Morgan fingerprint density at radius 3 is 2.44 bits per heavy atom. The average Bonchev–Trinajstić information content (AvgIpc) is 2.15. The smallest absolute Gasteiger partial charge is 0.320 e. The third-order valence-corrected chi connectivity index (χ3v) is 2.03. The average molecular weight is 230 g/mol. The SMILES string of the molecule is CC(CC(=O)O)=NCCCC[C@H](N)C(=O)O. The van der Waals surface area contributed by atoms with Gasteiger partial charge >= 0.3 is 11.9 Å². The predicted octanol–water partition coefficient (Wildman–Crippen LogP) is 0.504. The second-order valence-electron chi connectivity index (χ2n) is 3.63. The summed E-state index contributed by atoms with van der Waals surface area (Å²) in [6, 6.07) is -0.816. The maximum absolute atomic E-state index is 10.4. The van der Waals surface area contributed by atoms with Crippen molar-refractivity contribution in [3.8, 4) is 0 Å². The fourth-order valence-corrected chi connectivity index (χ4v) is 1.14. The van der Waals surface area contributed by atoms with E-state index in [0.29, 0.717) is 25.1 Å². The molecule has 0 aliphatic heterocycles. The van der Waals surface area contributed by atoms with Gasteiger partial charge in [-0.2, -0.15) is 0 Å². The molecule has 1 atom stereocenters. The van der Waals surface area contributed by atoms with Gasteiger partial charge in [0.15, 0.2) is 0 Å². The van der Waals surface area contributed by atoms with Crippen LogP contribution in [0.15, 0.2) is 4.99 Å². The summed E-state index contributed by atoms with van der Waals surface area (Å²) in [5, 5.41) is 17.0. The lowest BCUT2D eigenvalue weighted by Gasteiger charge is -2.04. The zero-order chi connectivity index (χ0) is 12.6. The monoisotopic (exact) mass is 230 g/mol. The minimum absolute atomic E-state index is 0.0470. The highest BCUT2D eigenvalue weighted by Crippen LogP contribution is 2.00. The Hall–Kier alpha value is -1.43. The van der Waals surface area contributed by atoms with Gasteiger partial charge in [0, 0.05) is 12.3 Å². The molecule has 0 aromatic rings. The molecule has 0 heterocycles. The second-order valence-corrected chi connectivity index (χ2v) is 3.63. The molecule has 16 heavy (non-hydrogen) atoms. The van der Waals surface area contributed by atoms with Crippen LogP contribution in [-0.2, 0) is 9.59 Å². The molecule has 0 aliphatic carbocycles. The Bertz CT molecular complexity index is 276. The molecule has 0 fully saturated rings. The van der Waals surface area contributed by atoms with E-state index in [9.17, 15) is 9.59 Å². The lowest BCUT2D eigenvalue weighted by Crippen LogP contribution is -2.29. The van der Waals surface area contributed by atoms with E-state index >= 15 is 0 Å². The summed E-state index contributed by atoms with van der Waals surface area (Å²) >= 11 is 0. The molecule has 0 radical (unpaired) electrons. The molecule has 0 spiro atoms. The maximum atomic E-state index is 10.4. The van der Waals surface area contributed by atoms with E-state index in [1.165, 1.54) is 0 Å².